The number of aliphatic hydroxyl groups is 1. The lowest BCUT2D eigenvalue weighted by atomic mass is 9.72. The van der Waals surface area contributed by atoms with Gasteiger partial charge in [-0.1, -0.05) is 0 Å². The molecule has 2 fully saturated rings. The Balaban J connectivity index is 1.51. The number of hydrogen-bond donors (Lipinski definition) is 1. The molecule has 0 bridgehead atoms. The zero-order chi connectivity index (χ0) is 18.7. The number of rotatable bonds is 5. The van der Waals surface area contributed by atoms with Crippen LogP contribution in [0.25, 0.3) is 0 Å². The Morgan fingerprint density at radius 3 is 2.69 bits per heavy atom. The zero-order valence-electron chi connectivity index (χ0n) is 15.9. The molecule has 2 aliphatic heterocycles. The molecule has 7 heteroatoms. The first-order valence-electron chi connectivity index (χ1n) is 9.61. The lowest BCUT2D eigenvalue weighted by Gasteiger charge is -2.47. The first kappa shape index (κ1) is 18.9. The standard InChI is InChI=1S/C19H30N4O3/c1-15-4-9-20-23(15)10-5-18(26)21-11-7-19(8-12-21)6-3-17(25)22(14-19)13-16(2)24/h4,9,16,24H,3,5-8,10-14H2,1-2H3. The van der Waals surface area contributed by atoms with Gasteiger partial charge in [0.25, 0.3) is 0 Å². The number of nitrogens with zero attached hydrogens (tertiary/aromatic N) is 4. The number of aryl methyl sites for hydroxylation is 2. The quantitative estimate of drug-likeness (QED) is 0.853. The molecule has 1 atom stereocenters. The second-order valence-electron chi connectivity index (χ2n) is 7.95. The number of aliphatic hydroxyl groups excluding tert-OH is 1. The average Bonchev–Trinajstić information content (AvgIpc) is 3.01. The Bertz CT molecular complexity index is 647. The van der Waals surface area contributed by atoms with Gasteiger partial charge in [-0.15, -0.1) is 0 Å². The van der Waals surface area contributed by atoms with E-state index in [0.717, 1.165) is 38.0 Å². The Hall–Kier alpha value is -1.89. The minimum absolute atomic E-state index is 0.109. The fourth-order valence-corrected chi connectivity index (χ4v) is 4.22. The van der Waals surface area contributed by atoms with E-state index in [4.69, 9.17) is 0 Å². The van der Waals surface area contributed by atoms with Gasteiger partial charge in [0, 0.05) is 57.5 Å². The van der Waals surface area contributed by atoms with Crippen LogP contribution < -0.4 is 0 Å². The van der Waals surface area contributed by atoms with Gasteiger partial charge in [0.2, 0.25) is 11.8 Å². The number of hydrogen-bond acceptors (Lipinski definition) is 4. The molecule has 0 aliphatic carbocycles. The fraction of sp³-hybridized carbons (Fsp3) is 0.737. The van der Waals surface area contributed by atoms with Crippen molar-refractivity contribution in [3.05, 3.63) is 18.0 Å². The third kappa shape index (κ3) is 4.26. The highest BCUT2D eigenvalue weighted by Gasteiger charge is 2.41. The summed E-state index contributed by atoms with van der Waals surface area (Å²) in [6.07, 6.45) is 5.06. The molecule has 7 nitrogen and oxygen atoms in total. The van der Waals surface area contributed by atoms with Gasteiger partial charge in [0.1, 0.15) is 0 Å². The summed E-state index contributed by atoms with van der Waals surface area (Å²) in [5.41, 5.74) is 1.18. The SMILES string of the molecule is Cc1ccnn1CCC(=O)N1CCC2(CCC(=O)N(CC(C)O)C2)CC1. The summed E-state index contributed by atoms with van der Waals surface area (Å²) in [7, 11) is 0. The molecule has 0 aromatic carbocycles. The van der Waals surface area contributed by atoms with Crippen LogP contribution in [0, 0.1) is 12.3 Å². The maximum Gasteiger partial charge on any atom is 0.224 e. The monoisotopic (exact) mass is 362 g/mol. The highest BCUT2D eigenvalue weighted by Crippen LogP contribution is 2.40. The largest absolute Gasteiger partial charge is 0.392 e. The van der Waals surface area contributed by atoms with E-state index in [1.165, 1.54) is 0 Å². The van der Waals surface area contributed by atoms with E-state index in [0.29, 0.717) is 32.5 Å². The van der Waals surface area contributed by atoms with Crippen LogP contribution in [0.15, 0.2) is 12.3 Å². The molecular weight excluding hydrogens is 332 g/mol. The molecule has 144 valence electrons. The van der Waals surface area contributed by atoms with Crippen molar-refractivity contribution in [2.24, 2.45) is 5.41 Å². The molecule has 1 aromatic rings. The van der Waals surface area contributed by atoms with Crippen molar-refractivity contribution in [2.45, 2.75) is 58.6 Å². The average molecular weight is 362 g/mol. The van der Waals surface area contributed by atoms with Gasteiger partial charge in [-0.3, -0.25) is 14.3 Å². The molecule has 1 unspecified atom stereocenters. The predicted octanol–water partition coefficient (Wildman–Crippen LogP) is 1.19. The number of aromatic nitrogens is 2. The third-order valence-corrected chi connectivity index (χ3v) is 5.88. The molecule has 3 heterocycles. The summed E-state index contributed by atoms with van der Waals surface area (Å²) in [4.78, 5) is 28.4. The summed E-state index contributed by atoms with van der Waals surface area (Å²) >= 11 is 0. The normalized spacial score (nSPS) is 21.3. The molecule has 2 saturated heterocycles. The Morgan fingerprint density at radius 2 is 2.08 bits per heavy atom. The Labute approximate surface area is 155 Å². The number of amides is 2. The highest BCUT2D eigenvalue weighted by atomic mass is 16.3. The maximum atomic E-state index is 12.5. The van der Waals surface area contributed by atoms with E-state index in [9.17, 15) is 14.7 Å². The highest BCUT2D eigenvalue weighted by molar-refractivity contribution is 5.77. The van der Waals surface area contributed by atoms with Gasteiger partial charge in [0.05, 0.1) is 6.10 Å². The van der Waals surface area contributed by atoms with Crippen LogP contribution in [-0.4, -0.2) is 68.8 Å². The molecule has 26 heavy (non-hydrogen) atoms. The van der Waals surface area contributed by atoms with Gasteiger partial charge < -0.3 is 14.9 Å². The molecule has 2 aliphatic rings. The third-order valence-electron chi connectivity index (χ3n) is 5.88. The number of likely N-dealkylation sites (tertiary alicyclic amines) is 2. The molecule has 0 saturated carbocycles. The Morgan fingerprint density at radius 1 is 1.35 bits per heavy atom. The van der Waals surface area contributed by atoms with Gasteiger partial charge in [0.15, 0.2) is 0 Å². The van der Waals surface area contributed by atoms with E-state index in [1.807, 2.05) is 27.5 Å². The second-order valence-corrected chi connectivity index (χ2v) is 7.95. The number of piperidine rings is 2. The predicted molar refractivity (Wildman–Crippen MR) is 97.3 cm³/mol. The minimum Gasteiger partial charge on any atom is -0.392 e. The molecule has 1 N–H and O–H groups in total. The van der Waals surface area contributed by atoms with E-state index < -0.39 is 6.10 Å². The lowest BCUT2D eigenvalue weighted by molar-refractivity contribution is -0.143. The molecule has 1 spiro atoms. The Kier molecular flexibility index (Phi) is 5.65. The van der Waals surface area contributed by atoms with Crippen LogP contribution in [0.3, 0.4) is 0 Å². The van der Waals surface area contributed by atoms with Crippen LogP contribution in [0.5, 0.6) is 0 Å². The minimum atomic E-state index is -0.499. The molecule has 2 amide bonds. The van der Waals surface area contributed by atoms with Crippen LogP contribution in [0.1, 0.15) is 44.7 Å². The van der Waals surface area contributed by atoms with Gasteiger partial charge in [-0.25, -0.2) is 0 Å². The summed E-state index contributed by atoms with van der Waals surface area (Å²) in [5.74, 6) is 0.326. The topological polar surface area (TPSA) is 78.7 Å². The number of β-amino-alcohol motifs (C(OH)–C–C–N with tert-alkyl or cyclic N) is 1. The lowest BCUT2D eigenvalue weighted by Crippen LogP contribution is -2.53. The van der Waals surface area contributed by atoms with Gasteiger partial charge >= 0.3 is 0 Å². The first-order chi connectivity index (χ1) is 12.4. The van der Waals surface area contributed by atoms with Crippen molar-refractivity contribution < 1.29 is 14.7 Å². The van der Waals surface area contributed by atoms with E-state index in [-0.39, 0.29) is 17.2 Å². The van der Waals surface area contributed by atoms with Crippen molar-refractivity contribution in [3.8, 4) is 0 Å². The molecular formula is C19H30N4O3. The summed E-state index contributed by atoms with van der Waals surface area (Å²) < 4.78 is 1.87. The fourth-order valence-electron chi connectivity index (χ4n) is 4.22. The smallest absolute Gasteiger partial charge is 0.224 e. The molecule has 1 aromatic heterocycles. The van der Waals surface area contributed by atoms with Crippen LogP contribution in [-0.2, 0) is 16.1 Å². The van der Waals surface area contributed by atoms with E-state index in [2.05, 4.69) is 5.10 Å². The van der Waals surface area contributed by atoms with Crippen LogP contribution in [0.4, 0.5) is 0 Å². The maximum absolute atomic E-state index is 12.5. The van der Waals surface area contributed by atoms with E-state index >= 15 is 0 Å². The van der Waals surface area contributed by atoms with Crippen molar-refractivity contribution in [1.29, 1.82) is 0 Å². The van der Waals surface area contributed by atoms with Crippen molar-refractivity contribution in [2.75, 3.05) is 26.2 Å². The van der Waals surface area contributed by atoms with Gasteiger partial charge in [-0.2, -0.15) is 5.10 Å². The molecule has 3 rings (SSSR count). The van der Waals surface area contributed by atoms with Crippen molar-refractivity contribution in [3.63, 3.8) is 0 Å². The summed E-state index contributed by atoms with van der Waals surface area (Å²) in [5, 5.41) is 13.9. The molecule has 0 radical (unpaired) electrons. The number of carbonyl (C=O) groups excluding carboxylic acids is 2. The summed E-state index contributed by atoms with van der Waals surface area (Å²) in [6, 6.07) is 1.94. The van der Waals surface area contributed by atoms with Crippen LogP contribution >= 0.6 is 0 Å². The van der Waals surface area contributed by atoms with Crippen LogP contribution in [0.2, 0.25) is 0 Å². The first-order valence-corrected chi connectivity index (χ1v) is 9.61. The summed E-state index contributed by atoms with van der Waals surface area (Å²) in [6.45, 7) is 6.97. The number of carbonyl (C=O) groups is 2. The van der Waals surface area contributed by atoms with Crippen molar-refractivity contribution in [1.82, 2.24) is 19.6 Å². The van der Waals surface area contributed by atoms with Gasteiger partial charge in [-0.05, 0) is 44.6 Å². The zero-order valence-corrected chi connectivity index (χ0v) is 15.9. The second kappa shape index (κ2) is 7.78. The van der Waals surface area contributed by atoms with E-state index in [1.54, 1.807) is 13.1 Å². The van der Waals surface area contributed by atoms with Crippen molar-refractivity contribution >= 4 is 11.8 Å².